The fraction of sp³-hybridized carbons (Fsp3) is 1.00. The Morgan fingerprint density at radius 1 is 1.23 bits per heavy atom. The lowest BCUT2D eigenvalue weighted by molar-refractivity contribution is -0.0731. The Kier molecular flexibility index (Phi) is 1.43. The van der Waals surface area contributed by atoms with E-state index in [4.69, 9.17) is 15.7 Å². The van der Waals surface area contributed by atoms with Crippen molar-refractivity contribution in [1.82, 2.24) is 0 Å². The summed E-state index contributed by atoms with van der Waals surface area (Å²) in [4.78, 5) is 0. The highest BCUT2D eigenvalue weighted by Crippen LogP contribution is 2.74. The Morgan fingerprint density at radius 2 is 1.92 bits per heavy atom. The Labute approximate surface area is 83.7 Å². The van der Waals surface area contributed by atoms with Crippen LogP contribution in [-0.2, 0) is 0 Å². The largest absolute Gasteiger partial charge is 0.0987 e. The topological polar surface area (TPSA) is 0 Å². The molecule has 3 aliphatic carbocycles. The van der Waals surface area contributed by atoms with Gasteiger partial charge >= 0.3 is 0 Å². The van der Waals surface area contributed by atoms with Crippen LogP contribution in [-0.4, -0.2) is 15.7 Å². The number of hydrogen-bond donors (Lipinski definition) is 0. The van der Waals surface area contributed by atoms with Gasteiger partial charge in [-0.05, 0) is 55.3 Å². The molecule has 3 saturated carbocycles. The number of hydrogen-bond acceptors (Lipinski definition) is 0. The van der Waals surface area contributed by atoms with E-state index in [2.05, 4.69) is 0 Å². The van der Waals surface area contributed by atoms with Crippen LogP contribution in [0.1, 0.15) is 39.0 Å². The molecule has 0 aromatic rings. The van der Waals surface area contributed by atoms with Gasteiger partial charge in [-0.1, -0.05) is 12.1 Å². The van der Waals surface area contributed by atoms with E-state index >= 15 is 0 Å². The zero-order valence-corrected chi connectivity index (χ0v) is 8.42. The molecule has 4 radical (unpaired) electrons. The van der Waals surface area contributed by atoms with Crippen molar-refractivity contribution in [3.8, 4) is 0 Å². The summed E-state index contributed by atoms with van der Waals surface area (Å²) in [5, 5.41) is -0.421. The van der Waals surface area contributed by atoms with E-state index < -0.39 is 5.21 Å². The first-order valence-corrected chi connectivity index (χ1v) is 5.62. The lowest BCUT2D eigenvalue weighted by Crippen LogP contribution is -2.49. The van der Waals surface area contributed by atoms with E-state index in [0.717, 1.165) is 17.3 Å². The summed E-state index contributed by atoms with van der Waals surface area (Å²) in [7, 11) is 12.1. The molecule has 66 valence electrons. The van der Waals surface area contributed by atoms with Gasteiger partial charge in [0.1, 0.15) is 0 Å². The monoisotopic (exact) mass is 170 g/mol. The molecule has 0 aromatic carbocycles. The van der Waals surface area contributed by atoms with Crippen molar-refractivity contribution >= 4 is 15.7 Å². The Hall–Kier alpha value is 0.130. The molecule has 3 rings (SSSR count). The molecular formula is C11H16B2. The summed E-state index contributed by atoms with van der Waals surface area (Å²) in [6.45, 7) is 2.01. The SMILES string of the molecule is [B]C([B])(C)C1CC2CCC23CCC13. The average molecular weight is 170 g/mol. The van der Waals surface area contributed by atoms with Gasteiger partial charge in [0.05, 0.1) is 15.7 Å². The summed E-state index contributed by atoms with van der Waals surface area (Å²) < 4.78 is 0. The molecule has 0 aromatic heterocycles. The molecule has 13 heavy (non-hydrogen) atoms. The smallest absolute Gasteiger partial charge is 0.0620 e. The van der Waals surface area contributed by atoms with Gasteiger partial charge in [0, 0.05) is 0 Å². The van der Waals surface area contributed by atoms with Crippen LogP contribution in [0, 0.1) is 23.2 Å². The van der Waals surface area contributed by atoms with Crippen LogP contribution >= 0.6 is 0 Å². The van der Waals surface area contributed by atoms with Gasteiger partial charge in [-0.25, -0.2) is 0 Å². The van der Waals surface area contributed by atoms with E-state index in [1.807, 2.05) is 6.92 Å². The maximum atomic E-state index is 6.05. The maximum absolute atomic E-state index is 6.05. The summed E-state index contributed by atoms with van der Waals surface area (Å²) in [6, 6.07) is 0. The second-order valence-corrected chi connectivity index (χ2v) is 5.82. The summed E-state index contributed by atoms with van der Waals surface area (Å²) in [5.41, 5.74) is 0.741. The zero-order valence-electron chi connectivity index (χ0n) is 8.42. The molecule has 0 saturated heterocycles. The van der Waals surface area contributed by atoms with Gasteiger partial charge in [-0.3, -0.25) is 0 Å². The van der Waals surface area contributed by atoms with Crippen LogP contribution in [0.5, 0.6) is 0 Å². The van der Waals surface area contributed by atoms with E-state index in [9.17, 15) is 0 Å². The van der Waals surface area contributed by atoms with Gasteiger partial charge in [-0.2, -0.15) is 0 Å². The Morgan fingerprint density at radius 3 is 2.23 bits per heavy atom. The van der Waals surface area contributed by atoms with Crippen LogP contribution in [0.2, 0.25) is 5.21 Å². The molecular weight excluding hydrogens is 154 g/mol. The fourth-order valence-corrected chi connectivity index (χ4v) is 4.33. The summed E-state index contributed by atoms with van der Waals surface area (Å²) in [6.07, 6.45) is 7.09. The predicted molar refractivity (Wildman–Crippen MR) is 55.9 cm³/mol. The van der Waals surface area contributed by atoms with Crippen molar-refractivity contribution < 1.29 is 0 Å². The molecule has 3 fully saturated rings. The molecule has 4 unspecified atom stereocenters. The van der Waals surface area contributed by atoms with Crippen molar-refractivity contribution in [3.63, 3.8) is 0 Å². The minimum absolute atomic E-state index is 0.421. The highest BCUT2D eigenvalue weighted by atomic mass is 14.7. The standard InChI is InChI=1S/C11H16B2/c1-10(12,13)9-6-7-2-4-11(7)5-3-8(9)11/h7-9H,2-6H2,1H3. The van der Waals surface area contributed by atoms with E-state index in [1.165, 1.54) is 32.1 Å². The maximum Gasteiger partial charge on any atom is 0.0620 e. The van der Waals surface area contributed by atoms with Crippen LogP contribution in [0.3, 0.4) is 0 Å². The minimum atomic E-state index is -0.421. The third kappa shape index (κ3) is 0.856. The van der Waals surface area contributed by atoms with Crippen molar-refractivity contribution in [3.05, 3.63) is 0 Å². The van der Waals surface area contributed by atoms with E-state index in [-0.39, 0.29) is 0 Å². The van der Waals surface area contributed by atoms with Crippen molar-refractivity contribution in [2.24, 2.45) is 23.2 Å². The lowest BCUT2D eigenvalue weighted by Gasteiger charge is -2.58. The molecule has 0 bridgehead atoms. The molecule has 0 N–H and O–H groups in total. The summed E-state index contributed by atoms with van der Waals surface area (Å²) >= 11 is 0. The molecule has 0 amide bonds. The van der Waals surface area contributed by atoms with Crippen LogP contribution in [0.4, 0.5) is 0 Å². The van der Waals surface area contributed by atoms with Crippen LogP contribution in [0.25, 0.3) is 0 Å². The molecule has 3 aliphatic rings. The Balaban J connectivity index is 1.87. The molecule has 1 spiro atoms. The van der Waals surface area contributed by atoms with Crippen molar-refractivity contribution in [2.75, 3.05) is 0 Å². The average Bonchev–Trinajstić information content (AvgIpc) is 2.02. The zero-order chi connectivity index (χ0) is 9.27. The molecule has 0 heterocycles. The highest BCUT2D eigenvalue weighted by molar-refractivity contribution is 6.39. The normalized spacial score (nSPS) is 53.2. The van der Waals surface area contributed by atoms with Gasteiger partial charge in [0.25, 0.3) is 0 Å². The highest BCUT2D eigenvalue weighted by Gasteiger charge is 2.65. The van der Waals surface area contributed by atoms with Gasteiger partial charge < -0.3 is 0 Å². The molecule has 0 aliphatic heterocycles. The van der Waals surface area contributed by atoms with Gasteiger partial charge in [0.2, 0.25) is 0 Å². The fourth-order valence-electron chi connectivity index (χ4n) is 4.33. The molecule has 0 nitrogen and oxygen atoms in total. The predicted octanol–water partition coefficient (Wildman–Crippen LogP) is 2.29. The van der Waals surface area contributed by atoms with Crippen LogP contribution < -0.4 is 0 Å². The molecule has 4 atom stereocenters. The third-order valence-corrected chi connectivity index (χ3v) is 5.25. The minimum Gasteiger partial charge on any atom is -0.0987 e. The van der Waals surface area contributed by atoms with Crippen molar-refractivity contribution in [1.29, 1.82) is 0 Å². The first-order valence-electron chi connectivity index (χ1n) is 5.62. The first kappa shape index (κ1) is 8.44. The Bertz CT molecular complexity index is 239. The third-order valence-electron chi connectivity index (χ3n) is 5.25. The van der Waals surface area contributed by atoms with Gasteiger partial charge in [-0.15, -0.1) is 0 Å². The summed E-state index contributed by atoms with van der Waals surface area (Å²) in [5.74, 6) is 2.47. The quantitative estimate of drug-likeness (QED) is 0.529. The second-order valence-electron chi connectivity index (χ2n) is 5.82. The van der Waals surface area contributed by atoms with E-state index in [0.29, 0.717) is 5.92 Å². The second kappa shape index (κ2) is 2.20. The first-order chi connectivity index (χ1) is 6.04. The van der Waals surface area contributed by atoms with E-state index in [1.54, 1.807) is 0 Å². The van der Waals surface area contributed by atoms with Gasteiger partial charge in [0.15, 0.2) is 0 Å². The van der Waals surface area contributed by atoms with Crippen LogP contribution in [0.15, 0.2) is 0 Å². The number of rotatable bonds is 1. The lowest BCUT2D eigenvalue weighted by atomic mass is 9.42. The molecule has 2 heteroatoms. The van der Waals surface area contributed by atoms with Crippen molar-refractivity contribution in [2.45, 2.75) is 44.2 Å².